The van der Waals surface area contributed by atoms with Gasteiger partial charge in [-0.3, -0.25) is 4.90 Å². The van der Waals surface area contributed by atoms with Crippen LogP contribution in [-0.4, -0.2) is 43.0 Å². The maximum atomic E-state index is 2.78. The maximum absolute atomic E-state index is 2.78. The molecule has 0 amide bonds. The quantitative estimate of drug-likeness (QED) is 0.796. The topological polar surface area (TPSA) is 6.48 Å². The largest absolute Gasteiger partial charge is 0.304 e. The molecule has 1 saturated heterocycles. The van der Waals surface area contributed by atoms with Crippen LogP contribution in [0.15, 0.2) is 48.5 Å². The van der Waals surface area contributed by atoms with Gasteiger partial charge in [0.1, 0.15) is 0 Å². The van der Waals surface area contributed by atoms with Crippen LogP contribution >= 0.6 is 0 Å². The van der Waals surface area contributed by atoms with Crippen molar-refractivity contribution in [1.82, 2.24) is 9.80 Å². The van der Waals surface area contributed by atoms with E-state index >= 15 is 0 Å². The Balaban J connectivity index is 1.74. The molecule has 2 aromatic rings. The Morgan fingerprint density at radius 1 is 0.826 bits per heavy atom. The molecule has 2 heteroatoms. The molecule has 0 unspecified atom stereocenters. The summed E-state index contributed by atoms with van der Waals surface area (Å²) < 4.78 is 0. The first-order valence-corrected chi connectivity index (χ1v) is 8.93. The van der Waals surface area contributed by atoms with E-state index in [1.807, 2.05) is 0 Å². The summed E-state index contributed by atoms with van der Waals surface area (Å²) in [6.45, 7) is 4.69. The zero-order chi connectivity index (χ0) is 15.4. The normalized spacial score (nSPS) is 30.0. The minimum Gasteiger partial charge on any atom is -0.304 e. The van der Waals surface area contributed by atoms with Crippen LogP contribution in [0.5, 0.6) is 0 Å². The van der Waals surface area contributed by atoms with Gasteiger partial charge in [0.2, 0.25) is 0 Å². The summed E-state index contributed by atoms with van der Waals surface area (Å²) in [4.78, 5) is 5.24. The Morgan fingerprint density at radius 3 is 2.00 bits per heavy atom. The van der Waals surface area contributed by atoms with Gasteiger partial charge in [-0.15, -0.1) is 0 Å². The van der Waals surface area contributed by atoms with E-state index in [-0.39, 0.29) is 5.54 Å². The fourth-order valence-corrected chi connectivity index (χ4v) is 5.29. The molecule has 0 spiro atoms. The number of likely N-dealkylation sites (N-methyl/N-ethyl adjacent to an activating group) is 1. The van der Waals surface area contributed by atoms with Crippen molar-refractivity contribution in [3.05, 3.63) is 70.8 Å². The molecule has 118 valence electrons. The number of piperazine rings is 1. The molecule has 2 aromatic carbocycles. The number of benzene rings is 2. The lowest BCUT2D eigenvalue weighted by Crippen LogP contribution is -2.58. The van der Waals surface area contributed by atoms with Crippen LogP contribution in [0.2, 0.25) is 0 Å². The van der Waals surface area contributed by atoms with E-state index in [0.29, 0.717) is 5.92 Å². The summed E-state index contributed by atoms with van der Waals surface area (Å²) >= 11 is 0. The van der Waals surface area contributed by atoms with E-state index in [2.05, 4.69) is 65.4 Å². The molecule has 0 N–H and O–H groups in total. The van der Waals surface area contributed by atoms with Crippen LogP contribution in [0.4, 0.5) is 0 Å². The van der Waals surface area contributed by atoms with Gasteiger partial charge in [0.25, 0.3) is 0 Å². The van der Waals surface area contributed by atoms with Gasteiger partial charge in [0, 0.05) is 32.1 Å². The molecule has 0 aromatic heterocycles. The smallest absolute Gasteiger partial charge is 0.0722 e. The Labute approximate surface area is 138 Å². The Bertz CT molecular complexity index is 696. The van der Waals surface area contributed by atoms with Crippen molar-refractivity contribution in [2.75, 3.05) is 33.2 Å². The molecule has 1 fully saturated rings. The van der Waals surface area contributed by atoms with Gasteiger partial charge in [0.15, 0.2) is 0 Å². The lowest BCUT2D eigenvalue weighted by molar-refractivity contribution is 0.0429. The van der Waals surface area contributed by atoms with Crippen molar-refractivity contribution < 1.29 is 0 Å². The highest BCUT2D eigenvalue weighted by atomic mass is 15.3. The number of hydrogen-bond donors (Lipinski definition) is 0. The molecular weight excluding hydrogens is 280 g/mol. The molecule has 0 atom stereocenters. The Morgan fingerprint density at radius 2 is 1.39 bits per heavy atom. The number of fused-ring (bicyclic) bond motifs is 1. The minimum absolute atomic E-state index is 0.114. The van der Waals surface area contributed by atoms with Gasteiger partial charge >= 0.3 is 0 Å². The molecule has 6 rings (SSSR count). The van der Waals surface area contributed by atoms with E-state index < -0.39 is 0 Å². The summed E-state index contributed by atoms with van der Waals surface area (Å²) in [5.74, 6) is 0.608. The van der Waals surface area contributed by atoms with Crippen molar-refractivity contribution in [2.45, 2.75) is 24.3 Å². The summed E-state index contributed by atoms with van der Waals surface area (Å²) in [6, 6.07) is 18.5. The second-order valence-electron chi connectivity index (χ2n) is 7.42. The highest BCUT2D eigenvalue weighted by Gasteiger charge is 2.51. The lowest BCUT2D eigenvalue weighted by Gasteiger charge is -2.56. The van der Waals surface area contributed by atoms with E-state index in [4.69, 9.17) is 0 Å². The summed E-state index contributed by atoms with van der Waals surface area (Å²) in [5, 5.41) is 0. The predicted molar refractivity (Wildman–Crippen MR) is 93.8 cm³/mol. The van der Waals surface area contributed by atoms with Gasteiger partial charge < -0.3 is 4.90 Å². The number of rotatable bonds is 1. The molecule has 1 aliphatic heterocycles. The van der Waals surface area contributed by atoms with Gasteiger partial charge in [-0.1, -0.05) is 48.5 Å². The SMILES string of the molecule is CN1CCN(C23CCC(c4ccccc42)c2ccccc23)CC1. The zero-order valence-electron chi connectivity index (χ0n) is 13.8. The molecule has 2 nitrogen and oxygen atoms in total. The van der Waals surface area contributed by atoms with Crippen LogP contribution in [0, 0.1) is 0 Å². The highest BCUT2D eigenvalue weighted by Crippen LogP contribution is 2.57. The van der Waals surface area contributed by atoms with E-state index in [1.165, 1.54) is 39.0 Å². The average molecular weight is 304 g/mol. The van der Waals surface area contributed by atoms with Crippen LogP contribution in [0.3, 0.4) is 0 Å². The Hall–Kier alpha value is -1.64. The summed E-state index contributed by atoms with van der Waals surface area (Å²) in [5.41, 5.74) is 6.44. The second-order valence-corrected chi connectivity index (χ2v) is 7.42. The van der Waals surface area contributed by atoms with E-state index in [9.17, 15) is 0 Å². The predicted octanol–water partition coefficient (Wildman–Crippen LogP) is 3.42. The second kappa shape index (κ2) is 4.93. The van der Waals surface area contributed by atoms with Crippen LogP contribution in [0.25, 0.3) is 0 Å². The van der Waals surface area contributed by atoms with E-state index in [0.717, 1.165) is 0 Å². The van der Waals surface area contributed by atoms with Gasteiger partial charge in [0.05, 0.1) is 5.54 Å². The zero-order valence-corrected chi connectivity index (χ0v) is 13.8. The summed E-state index contributed by atoms with van der Waals surface area (Å²) in [7, 11) is 2.24. The first-order chi connectivity index (χ1) is 11.3. The summed E-state index contributed by atoms with van der Waals surface area (Å²) in [6.07, 6.45) is 2.57. The van der Waals surface area contributed by atoms with Crippen molar-refractivity contribution in [2.24, 2.45) is 0 Å². The van der Waals surface area contributed by atoms with E-state index in [1.54, 1.807) is 22.3 Å². The van der Waals surface area contributed by atoms with Gasteiger partial charge in [-0.2, -0.15) is 0 Å². The molecule has 0 radical (unpaired) electrons. The molecule has 4 aliphatic rings. The fourth-order valence-electron chi connectivity index (χ4n) is 5.29. The van der Waals surface area contributed by atoms with Crippen LogP contribution in [-0.2, 0) is 5.54 Å². The first kappa shape index (κ1) is 13.8. The third-order valence-electron chi connectivity index (χ3n) is 6.40. The van der Waals surface area contributed by atoms with Crippen molar-refractivity contribution in [3.63, 3.8) is 0 Å². The lowest BCUT2D eigenvalue weighted by atomic mass is 9.58. The maximum Gasteiger partial charge on any atom is 0.0722 e. The number of nitrogens with zero attached hydrogens (tertiary/aromatic N) is 2. The molecule has 1 heterocycles. The Kier molecular flexibility index (Phi) is 2.95. The fraction of sp³-hybridized carbons (Fsp3) is 0.429. The average Bonchev–Trinajstić information content (AvgIpc) is 2.63. The van der Waals surface area contributed by atoms with Crippen molar-refractivity contribution in [3.8, 4) is 0 Å². The van der Waals surface area contributed by atoms with Crippen molar-refractivity contribution >= 4 is 0 Å². The third kappa shape index (κ3) is 1.76. The van der Waals surface area contributed by atoms with Crippen LogP contribution < -0.4 is 0 Å². The molecule has 2 bridgehead atoms. The first-order valence-electron chi connectivity index (χ1n) is 8.93. The molecular formula is C21H24N2. The molecule has 0 saturated carbocycles. The third-order valence-corrected chi connectivity index (χ3v) is 6.40. The van der Waals surface area contributed by atoms with Gasteiger partial charge in [-0.05, 0) is 42.1 Å². The highest BCUT2D eigenvalue weighted by molar-refractivity contribution is 5.58. The molecule has 3 aliphatic carbocycles. The van der Waals surface area contributed by atoms with Gasteiger partial charge in [-0.25, -0.2) is 0 Å². The standard InChI is InChI=1S/C21H24N2/c1-22-12-14-23(15-13-22)21-11-10-16(17-6-2-4-8-19(17)21)18-7-3-5-9-20(18)21/h2-9,16H,10-15H2,1H3. The molecule has 23 heavy (non-hydrogen) atoms. The monoisotopic (exact) mass is 304 g/mol. The van der Waals surface area contributed by atoms with Crippen LogP contribution in [0.1, 0.15) is 41.0 Å². The minimum atomic E-state index is 0.114. The van der Waals surface area contributed by atoms with Crippen molar-refractivity contribution in [1.29, 1.82) is 0 Å². The number of hydrogen-bond acceptors (Lipinski definition) is 2.